The Morgan fingerprint density at radius 3 is 1.28 bits per heavy atom. The van der Waals surface area contributed by atoms with Gasteiger partial charge in [-0.3, -0.25) is 13.9 Å². The van der Waals surface area contributed by atoms with E-state index in [-0.39, 0.29) is 22.5 Å². The molecule has 0 aliphatic rings. The van der Waals surface area contributed by atoms with Crippen LogP contribution in [0.3, 0.4) is 0 Å². The minimum atomic E-state index is -4.84. The third-order valence-corrected chi connectivity index (χ3v) is 8.80. The van der Waals surface area contributed by atoms with Crippen molar-refractivity contribution in [2.45, 2.75) is 9.79 Å². The van der Waals surface area contributed by atoms with Gasteiger partial charge in [0.2, 0.25) is 0 Å². The summed E-state index contributed by atoms with van der Waals surface area (Å²) in [6.07, 6.45) is 0. The van der Waals surface area contributed by atoms with Gasteiger partial charge in [0.25, 0.3) is 0 Å². The Balaban J connectivity index is 2.24. The van der Waals surface area contributed by atoms with Crippen molar-refractivity contribution in [3.05, 3.63) is 47.5 Å². The number of nitrogen functional groups attached to an aromatic ring is 2. The molecule has 0 atom stereocenters. The van der Waals surface area contributed by atoms with Gasteiger partial charge in [-0.1, -0.05) is 0 Å². The maximum atomic E-state index is 12.8. The molecule has 15 nitrogen and oxygen atoms in total. The first-order chi connectivity index (χ1) is 16.3. The molecule has 2 aromatic rings. The molecule has 0 spiro atoms. The molecule has 0 aliphatic heterocycles. The Morgan fingerprint density at radius 1 is 0.667 bits per heavy atom. The first-order valence-electron chi connectivity index (χ1n) is 9.35. The summed E-state index contributed by atoms with van der Waals surface area (Å²) in [7, 11) is -18.0. The van der Waals surface area contributed by atoms with Gasteiger partial charge in [-0.15, -0.1) is 0 Å². The number of rotatable bonds is 12. The Labute approximate surface area is 206 Å². The lowest BCUT2D eigenvalue weighted by atomic mass is 10.0. The van der Waals surface area contributed by atoms with Crippen molar-refractivity contribution in [1.82, 2.24) is 0 Å². The zero-order chi connectivity index (χ0) is 27.5. The van der Waals surface area contributed by atoms with Crippen LogP contribution in [0.2, 0.25) is 0 Å². The van der Waals surface area contributed by atoms with Gasteiger partial charge in [0.05, 0.1) is 45.9 Å². The van der Waals surface area contributed by atoms with E-state index in [1.54, 1.807) is 0 Å². The van der Waals surface area contributed by atoms with Crippen LogP contribution in [0.1, 0.15) is 15.9 Å². The van der Waals surface area contributed by atoms with Crippen molar-refractivity contribution >= 4 is 57.6 Å². The molecule has 0 saturated heterocycles. The highest BCUT2D eigenvalue weighted by Gasteiger charge is 2.23. The molecule has 0 aliphatic carbocycles. The zero-order valence-electron chi connectivity index (χ0n) is 18.0. The van der Waals surface area contributed by atoms with E-state index in [0.717, 1.165) is 36.4 Å². The van der Waals surface area contributed by atoms with Gasteiger partial charge in [0, 0.05) is 11.1 Å². The van der Waals surface area contributed by atoms with Gasteiger partial charge in [-0.25, -0.2) is 25.2 Å². The normalized spacial score (nSPS) is 12.9. The third kappa shape index (κ3) is 8.20. The van der Waals surface area contributed by atoms with Gasteiger partial charge in [-0.05, 0) is 36.4 Å². The zero-order valence-corrected chi connectivity index (χ0v) is 21.2. The highest BCUT2D eigenvalue weighted by Crippen LogP contribution is 2.26. The van der Waals surface area contributed by atoms with E-state index in [9.17, 15) is 38.5 Å². The van der Waals surface area contributed by atoms with Crippen LogP contribution in [0, 0.1) is 0 Å². The summed E-state index contributed by atoms with van der Waals surface area (Å²) >= 11 is 0. The molecule has 0 unspecified atom stereocenters. The van der Waals surface area contributed by atoms with Crippen molar-refractivity contribution < 1.29 is 55.9 Å². The average Bonchev–Trinajstić information content (AvgIpc) is 2.70. The lowest BCUT2D eigenvalue weighted by Crippen LogP contribution is -2.17. The van der Waals surface area contributed by atoms with Crippen LogP contribution in [0.5, 0.6) is 0 Å². The molecule has 0 fully saturated rings. The van der Waals surface area contributed by atoms with Gasteiger partial charge >= 0.3 is 20.8 Å². The summed E-state index contributed by atoms with van der Waals surface area (Å²) in [4.78, 5) is 11.9. The Morgan fingerprint density at radius 2 is 1.00 bits per heavy atom. The number of hydrogen-bond donors (Lipinski definition) is 4. The van der Waals surface area contributed by atoms with Gasteiger partial charge in [0.1, 0.15) is 0 Å². The van der Waals surface area contributed by atoms with Gasteiger partial charge in [-0.2, -0.15) is 16.8 Å². The molecule has 2 rings (SSSR count). The third-order valence-electron chi connectivity index (χ3n) is 4.38. The molecule has 0 bridgehead atoms. The molecule has 0 heterocycles. The van der Waals surface area contributed by atoms with Crippen LogP contribution < -0.4 is 11.5 Å². The van der Waals surface area contributed by atoms with E-state index in [1.807, 2.05) is 0 Å². The maximum Gasteiger partial charge on any atom is 0.397 e. The molecule has 200 valence electrons. The molecule has 0 radical (unpaired) electrons. The summed E-state index contributed by atoms with van der Waals surface area (Å²) in [6, 6.07) is 6.30. The number of nitrogens with two attached hydrogens (primary N) is 2. The van der Waals surface area contributed by atoms with E-state index in [2.05, 4.69) is 8.37 Å². The van der Waals surface area contributed by atoms with E-state index < -0.39 is 80.8 Å². The molecule has 0 saturated carbocycles. The second-order valence-electron chi connectivity index (χ2n) is 6.97. The number of anilines is 2. The van der Waals surface area contributed by atoms with Crippen molar-refractivity contribution in [3.63, 3.8) is 0 Å². The molecule has 36 heavy (non-hydrogen) atoms. The predicted molar refractivity (Wildman–Crippen MR) is 124 cm³/mol. The fraction of sp³-hybridized carbons (Fsp3) is 0.235. The van der Waals surface area contributed by atoms with E-state index in [1.165, 1.54) is 0 Å². The molecular weight excluding hydrogens is 568 g/mol. The summed E-state index contributed by atoms with van der Waals surface area (Å²) in [5, 5.41) is 0. The predicted octanol–water partition coefficient (Wildman–Crippen LogP) is -0.732. The van der Waals surface area contributed by atoms with Crippen LogP contribution >= 0.6 is 0 Å². The fourth-order valence-corrected chi connectivity index (χ4v) is 6.06. The highest BCUT2D eigenvalue weighted by molar-refractivity contribution is 7.92. The van der Waals surface area contributed by atoms with Crippen LogP contribution in [0.4, 0.5) is 11.4 Å². The van der Waals surface area contributed by atoms with Crippen molar-refractivity contribution in [1.29, 1.82) is 0 Å². The molecule has 2 aromatic carbocycles. The molecule has 19 heteroatoms. The quantitative estimate of drug-likeness (QED) is 0.135. The van der Waals surface area contributed by atoms with Crippen molar-refractivity contribution in [3.8, 4) is 0 Å². The van der Waals surface area contributed by atoms with Crippen LogP contribution in [-0.2, 0) is 48.8 Å². The summed E-state index contributed by atoms with van der Waals surface area (Å²) in [5.41, 5.74) is 10.6. The second-order valence-corrected chi connectivity index (χ2v) is 13.3. The SMILES string of the molecule is Nc1cc(C(=O)c2ccc(S(=O)(=O)CCOS(=O)(=O)O)c(N)c2)ccc1S(=O)(=O)CCOS(=O)(=O)O. The lowest BCUT2D eigenvalue weighted by molar-refractivity contribution is 0.103. The van der Waals surface area contributed by atoms with Crippen LogP contribution in [0.15, 0.2) is 46.2 Å². The fourth-order valence-electron chi connectivity index (χ4n) is 2.83. The summed E-state index contributed by atoms with van der Waals surface area (Å²) < 4.78 is 117. The molecular formula is C17H20N2O13S4. The van der Waals surface area contributed by atoms with E-state index >= 15 is 0 Å². The number of carbonyl (C=O) groups is 1. The number of benzene rings is 2. The maximum absolute atomic E-state index is 12.8. The number of ketones is 1. The Kier molecular flexibility index (Phi) is 8.84. The van der Waals surface area contributed by atoms with Crippen molar-refractivity contribution in [2.24, 2.45) is 0 Å². The summed E-state index contributed by atoms with van der Waals surface area (Å²) in [5.74, 6) is -2.39. The molecule has 6 N–H and O–H groups in total. The Hall–Kier alpha value is -2.65. The lowest BCUT2D eigenvalue weighted by Gasteiger charge is -2.11. The minimum absolute atomic E-state index is 0.0859. The van der Waals surface area contributed by atoms with E-state index in [4.69, 9.17) is 20.6 Å². The minimum Gasteiger partial charge on any atom is -0.398 e. The summed E-state index contributed by atoms with van der Waals surface area (Å²) in [6.45, 7) is -1.75. The first kappa shape index (κ1) is 29.6. The van der Waals surface area contributed by atoms with Crippen LogP contribution in [0.25, 0.3) is 0 Å². The van der Waals surface area contributed by atoms with Gasteiger partial charge < -0.3 is 11.5 Å². The molecule has 0 aromatic heterocycles. The standard InChI is InChI=1S/C17H20N2O13S4/c18-13-9-11(1-3-15(13)33(21,22)7-5-31-35(25,26)27)17(20)12-2-4-16(14(19)10-12)34(23,24)8-6-32-36(28,29)30/h1-4,9-10H,5-8,18-19H2,(H,25,26,27)(H,28,29,30). The number of sulfone groups is 2. The van der Waals surface area contributed by atoms with Gasteiger partial charge in [0.15, 0.2) is 25.5 Å². The number of carbonyl (C=O) groups excluding carboxylic acids is 1. The first-order valence-corrected chi connectivity index (χ1v) is 15.4. The second kappa shape index (κ2) is 10.8. The van der Waals surface area contributed by atoms with Crippen LogP contribution in [-0.4, -0.2) is 73.3 Å². The smallest absolute Gasteiger partial charge is 0.397 e. The number of hydrogen-bond acceptors (Lipinski definition) is 13. The van der Waals surface area contributed by atoms with Crippen molar-refractivity contribution in [2.75, 3.05) is 36.2 Å². The molecule has 0 amide bonds. The topological polar surface area (TPSA) is 265 Å². The average molecular weight is 589 g/mol. The highest BCUT2D eigenvalue weighted by atomic mass is 32.3. The van der Waals surface area contributed by atoms with E-state index in [0.29, 0.717) is 0 Å². The largest absolute Gasteiger partial charge is 0.398 e. The Bertz CT molecular complexity index is 1480. The monoisotopic (exact) mass is 588 g/mol.